The molecule has 0 radical (unpaired) electrons. The number of hydrogen-bond donors (Lipinski definition) is 0. The molecule has 1 aromatic rings. The molecular weight excluding hydrogens is 216 g/mol. The zero-order valence-electron chi connectivity index (χ0n) is 10.5. The predicted molar refractivity (Wildman–Crippen MR) is 67.3 cm³/mol. The zero-order valence-corrected chi connectivity index (χ0v) is 10.5. The second-order valence-electron chi connectivity index (χ2n) is 3.64. The van der Waals surface area contributed by atoms with Gasteiger partial charge in [-0.15, -0.1) is 0 Å². The molecule has 17 heavy (non-hydrogen) atoms. The average molecular weight is 234 g/mol. The Kier molecular flexibility index (Phi) is 5.27. The molecule has 0 aliphatic heterocycles. The summed E-state index contributed by atoms with van der Waals surface area (Å²) in [4.78, 5) is 11.1. The number of ether oxygens (including phenoxy) is 2. The van der Waals surface area contributed by atoms with E-state index in [9.17, 15) is 4.79 Å². The molecule has 1 aromatic carbocycles. The third-order valence-corrected chi connectivity index (χ3v) is 2.45. The van der Waals surface area contributed by atoms with Gasteiger partial charge in [-0.1, -0.05) is 30.3 Å². The fourth-order valence-corrected chi connectivity index (χ4v) is 1.37. The van der Waals surface area contributed by atoms with E-state index in [0.29, 0.717) is 6.61 Å². The van der Waals surface area contributed by atoms with E-state index in [0.717, 1.165) is 16.9 Å². The van der Waals surface area contributed by atoms with Crippen molar-refractivity contribution in [2.24, 2.45) is 0 Å². The van der Waals surface area contributed by atoms with Gasteiger partial charge >= 0.3 is 5.97 Å². The summed E-state index contributed by atoms with van der Waals surface area (Å²) in [5.74, 6) is 0.400. The third kappa shape index (κ3) is 4.31. The molecule has 0 saturated heterocycles. The molecule has 0 saturated carbocycles. The summed E-state index contributed by atoms with van der Waals surface area (Å²) in [5, 5.41) is 0. The highest BCUT2D eigenvalue weighted by Gasteiger charge is 2.05. The Hall–Kier alpha value is -1.77. The van der Waals surface area contributed by atoms with E-state index in [1.807, 2.05) is 44.2 Å². The minimum atomic E-state index is -0.340. The van der Waals surface area contributed by atoms with Crippen LogP contribution in [0.1, 0.15) is 26.3 Å². The van der Waals surface area contributed by atoms with Gasteiger partial charge < -0.3 is 9.47 Å². The second kappa shape index (κ2) is 6.74. The van der Waals surface area contributed by atoms with Gasteiger partial charge in [-0.05, 0) is 31.9 Å². The van der Waals surface area contributed by atoms with Gasteiger partial charge in [-0.25, -0.2) is 4.79 Å². The van der Waals surface area contributed by atoms with Crippen LogP contribution in [0, 0.1) is 0 Å². The number of esters is 1. The summed E-state index contributed by atoms with van der Waals surface area (Å²) in [7, 11) is 0. The van der Waals surface area contributed by atoms with Crippen molar-refractivity contribution in [3.05, 3.63) is 41.7 Å². The minimum Gasteiger partial charge on any atom is -0.486 e. The summed E-state index contributed by atoms with van der Waals surface area (Å²) >= 11 is 0. The summed E-state index contributed by atoms with van der Waals surface area (Å²) in [6.07, 6.45) is 0. The van der Waals surface area contributed by atoms with Crippen LogP contribution < -0.4 is 0 Å². The fraction of sp³-hybridized carbons (Fsp3) is 0.357. The molecule has 0 amide bonds. The third-order valence-electron chi connectivity index (χ3n) is 2.45. The van der Waals surface area contributed by atoms with Crippen molar-refractivity contribution in [3.63, 3.8) is 0 Å². The van der Waals surface area contributed by atoms with Gasteiger partial charge in [0.2, 0.25) is 0 Å². The lowest BCUT2D eigenvalue weighted by atomic mass is 10.1. The Morgan fingerprint density at radius 3 is 2.35 bits per heavy atom. The van der Waals surface area contributed by atoms with Crippen molar-refractivity contribution in [3.8, 4) is 0 Å². The second-order valence-corrected chi connectivity index (χ2v) is 3.64. The number of carbonyl (C=O) groups is 1. The molecular formula is C14H18O3. The Bertz CT molecular complexity index is 393. The average Bonchev–Trinajstić information content (AvgIpc) is 2.36. The van der Waals surface area contributed by atoms with Crippen molar-refractivity contribution in [2.45, 2.75) is 20.8 Å². The van der Waals surface area contributed by atoms with Crippen LogP contribution >= 0.6 is 0 Å². The molecule has 3 nitrogen and oxygen atoms in total. The molecule has 0 N–H and O–H groups in total. The summed E-state index contributed by atoms with van der Waals surface area (Å²) in [6, 6.07) is 9.92. The molecule has 0 unspecified atom stereocenters. The maximum atomic E-state index is 11.1. The molecule has 0 bridgehead atoms. The van der Waals surface area contributed by atoms with Crippen molar-refractivity contribution >= 4 is 11.5 Å². The number of benzene rings is 1. The number of hydrogen-bond acceptors (Lipinski definition) is 3. The topological polar surface area (TPSA) is 35.5 Å². The zero-order chi connectivity index (χ0) is 12.7. The number of carbonyl (C=O) groups excluding carboxylic acids is 1. The van der Waals surface area contributed by atoms with Crippen molar-refractivity contribution < 1.29 is 14.3 Å². The lowest BCUT2D eigenvalue weighted by Crippen LogP contribution is -2.12. The first kappa shape index (κ1) is 13.3. The van der Waals surface area contributed by atoms with Crippen LogP contribution in [0.25, 0.3) is 5.57 Å². The highest BCUT2D eigenvalue weighted by Crippen LogP contribution is 2.18. The standard InChI is InChI=1S/C14H18O3/c1-4-16-14(15)10-17-12(3)11(2)13-8-6-5-7-9-13/h5-9H,4,10H2,1-3H3/b12-11+. The maximum absolute atomic E-state index is 11.1. The minimum absolute atomic E-state index is 0.0379. The summed E-state index contributed by atoms with van der Waals surface area (Å²) < 4.78 is 10.2. The fourth-order valence-electron chi connectivity index (χ4n) is 1.37. The quantitative estimate of drug-likeness (QED) is 0.580. The van der Waals surface area contributed by atoms with Crippen LogP contribution in [0.3, 0.4) is 0 Å². The first-order valence-corrected chi connectivity index (χ1v) is 5.66. The molecule has 0 aromatic heterocycles. The number of allylic oxidation sites excluding steroid dienone is 2. The van der Waals surface area contributed by atoms with E-state index in [-0.39, 0.29) is 12.6 Å². The first-order chi connectivity index (χ1) is 8.15. The Morgan fingerprint density at radius 2 is 1.76 bits per heavy atom. The SMILES string of the molecule is CCOC(=O)CO/C(C)=C(\C)c1ccccc1. The molecule has 0 aliphatic carbocycles. The van der Waals surface area contributed by atoms with E-state index in [1.165, 1.54) is 0 Å². The van der Waals surface area contributed by atoms with Gasteiger partial charge in [0.1, 0.15) is 0 Å². The molecule has 1 rings (SSSR count). The van der Waals surface area contributed by atoms with Crippen LogP contribution in [-0.4, -0.2) is 19.2 Å². The maximum Gasteiger partial charge on any atom is 0.344 e. The molecule has 0 spiro atoms. The van der Waals surface area contributed by atoms with Gasteiger partial charge in [-0.2, -0.15) is 0 Å². The predicted octanol–water partition coefficient (Wildman–Crippen LogP) is 3.02. The Balaban J connectivity index is 2.62. The van der Waals surface area contributed by atoms with E-state index in [2.05, 4.69) is 0 Å². The van der Waals surface area contributed by atoms with Gasteiger partial charge in [0.25, 0.3) is 0 Å². The first-order valence-electron chi connectivity index (χ1n) is 5.66. The van der Waals surface area contributed by atoms with Crippen LogP contribution in [0.4, 0.5) is 0 Å². The molecule has 0 atom stereocenters. The Labute approximate surface area is 102 Å². The summed E-state index contributed by atoms with van der Waals surface area (Å²) in [6.45, 7) is 5.93. The lowest BCUT2D eigenvalue weighted by molar-refractivity contribution is -0.146. The van der Waals surface area contributed by atoms with Gasteiger partial charge in [0, 0.05) is 0 Å². The lowest BCUT2D eigenvalue weighted by Gasteiger charge is -2.10. The van der Waals surface area contributed by atoms with Gasteiger partial charge in [0.05, 0.1) is 12.4 Å². The molecule has 3 heteroatoms. The van der Waals surface area contributed by atoms with Crippen molar-refractivity contribution in [2.75, 3.05) is 13.2 Å². The highest BCUT2D eigenvalue weighted by molar-refractivity contribution is 5.71. The number of rotatable bonds is 5. The van der Waals surface area contributed by atoms with E-state index >= 15 is 0 Å². The van der Waals surface area contributed by atoms with Crippen LogP contribution in [0.2, 0.25) is 0 Å². The van der Waals surface area contributed by atoms with Crippen LogP contribution in [-0.2, 0) is 14.3 Å². The smallest absolute Gasteiger partial charge is 0.344 e. The van der Waals surface area contributed by atoms with Gasteiger partial charge in [-0.3, -0.25) is 0 Å². The van der Waals surface area contributed by atoms with E-state index < -0.39 is 0 Å². The van der Waals surface area contributed by atoms with E-state index in [4.69, 9.17) is 9.47 Å². The summed E-state index contributed by atoms with van der Waals surface area (Å²) in [5.41, 5.74) is 2.11. The molecule has 92 valence electrons. The van der Waals surface area contributed by atoms with Crippen molar-refractivity contribution in [1.29, 1.82) is 0 Å². The molecule has 0 aliphatic rings. The largest absolute Gasteiger partial charge is 0.486 e. The normalized spacial score (nSPS) is 11.7. The highest BCUT2D eigenvalue weighted by atomic mass is 16.6. The van der Waals surface area contributed by atoms with Crippen molar-refractivity contribution in [1.82, 2.24) is 0 Å². The van der Waals surface area contributed by atoms with Gasteiger partial charge in [0.15, 0.2) is 6.61 Å². The van der Waals surface area contributed by atoms with E-state index in [1.54, 1.807) is 6.92 Å². The monoisotopic (exact) mass is 234 g/mol. The van der Waals surface area contributed by atoms with Crippen LogP contribution in [0.15, 0.2) is 36.1 Å². The van der Waals surface area contributed by atoms with Crippen LogP contribution in [0.5, 0.6) is 0 Å². The molecule has 0 fully saturated rings. The Morgan fingerprint density at radius 1 is 1.12 bits per heavy atom. The molecule has 0 heterocycles.